The van der Waals surface area contributed by atoms with Crippen molar-refractivity contribution in [3.8, 4) is 0 Å². The summed E-state index contributed by atoms with van der Waals surface area (Å²) in [4.78, 5) is 0. The minimum absolute atomic E-state index is 0.187. The molecule has 0 spiro atoms. The average Bonchev–Trinajstić information content (AvgIpc) is 2.34. The smallest absolute Gasteiger partial charge is 0.0612 e. The highest BCUT2D eigenvalue weighted by molar-refractivity contribution is 4.80. The first-order valence-corrected chi connectivity index (χ1v) is 7.96. The van der Waals surface area contributed by atoms with Crippen molar-refractivity contribution in [2.45, 2.75) is 91.1 Å². The summed E-state index contributed by atoms with van der Waals surface area (Å²) in [6, 6.07) is 0. The summed E-state index contributed by atoms with van der Waals surface area (Å²) in [6.45, 7) is 8.32. The van der Waals surface area contributed by atoms with Gasteiger partial charge >= 0.3 is 0 Å². The third-order valence-electron chi connectivity index (χ3n) is 2.89. The maximum absolute atomic E-state index is 9.32. The van der Waals surface area contributed by atoms with Gasteiger partial charge in [-0.1, -0.05) is 64.5 Å². The molecule has 19 heavy (non-hydrogen) atoms. The molecule has 0 bridgehead atoms. The van der Waals surface area contributed by atoms with Gasteiger partial charge in [0.1, 0.15) is 0 Å². The minimum Gasteiger partial charge on any atom is -0.392 e. The first kappa shape index (κ1) is 21.0. The van der Waals surface area contributed by atoms with E-state index < -0.39 is 5.60 Å². The maximum Gasteiger partial charge on any atom is 0.0612 e. The molecule has 2 heteroatoms. The van der Waals surface area contributed by atoms with E-state index in [0.717, 1.165) is 19.3 Å². The van der Waals surface area contributed by atoms with Gasteiger partial charge in [-0.3, -0.25) is 0 Å². The van der Waals surface area contributed by atoms with Crippen LogP contribution in [0, 0.1) is 0 Å². The van der Waals surface area contributed by atoms with E-state index in [2.05, 4.69) is 13.8 Å². The van der Waals surface area contributed by atoms with Crippen LogP contribution in [0.25, 0.3) is 0 Å². The summed E-state index contributed by atoms with van der Waals surface area (Å²) in [5.41, 5.74) is -0.451. The molecule has 0 aliphatic rings. The highest BCUT2D eigenvalue weighted by Crippen LogP contribution is 2.13. The molecule has 0 radical (unpaired) electrons. The van der Waals surface area contributed by atoms with Crippen LogP contribution in [-0.4, -0.2) is 22.4 Å². The van der Waals surface area contributed by atoms with Crippen LogP contribution < -0.4 is 0 Å². The molecule has 0 saturated carbocycles. The Kier molecular flexibility index (Phi) is 17.3. The summed E-state index contributed by atoms with van der Waals surface area (Å²) in [5, 5.41) is 17.7. The molecule has 0 unspecified atom stereocenters. The first-order chi connectivity index (χ1) is 8.97. The van der Waals surface area contributed by atoms with Crippen molar-refractivity contribution in [3.63, 3.8) is 0 Å². The molecule has 0 rings (SSSR count). The van der Waals surface area contributed by atoms with Crippen LogP contribution in [0.4, 0.5) is 0 Å². The predicted molar refractivity (Wildman–Crippen MR) is 85.4 cm³/mol. The topological polar surface area (TPSA) is 40.5 Å². The van der Waals surface area contributed by atoms with E-state index in [1.165, 1.54) is 38.5 Å². The molecule has 0 fully saturated rings. The second-order valence-corrected chi connectivity index (χ2v) is 5.77. The van der Waals surface area contributed by atoms with Crippen LogP contribution in [-0.2, 0) is 0 Å². The molecule has 0 saturated heterocycles. The lowest BCUT2D eigenvalue weighted by atomic mass is 10.0. The van der Waals surface area contributed by atoms with Crippen molar-refractivity contribution in [2.75, 3.05) is 6.61 Å². The molecule has 0 aromatic carbocycles. The Hall–Kier alpha value is -0.340. The standard InChI is InChI=1S/C9H20O.C8H16O/c1-4-5-6-7-8-9(2,3)10;1-2-3-4-5-6-7-8-9/h10H,4-8H2,1-3H3;6-7,9H,2-5,8H2,1H3. The zero-order chi connectivity index (χ0) is 15.0. The van der Waals surface area contributed by atoms with E-state index in [-0.39, 0.29) is 6.61 Å². The molecular weight excluding hydrogens is 236 g/mol. The van der Waals surface area contributed by atoms with Crippen LogP contribution in [0.3, 0.4) is 0 Å². The van der Waals surface area contributed by atoms with Gasteiger partial charge in [0.05, 0.1) is 12.2 Å². The largest absolute Gasteiger partial charge is 0.392 e. The summed E-state index contributed by atoms with van der Waals surface area (Å²) in [6.07, 6.45) is 14.7. The molecule has 2 nitrogen and oxygen atoms in total. The third kappa shape index (κ3) is 27.0. The summed E-state index contributed by atoms with van der Waals surface area (Å²) in [5.74, 6) is 0. The summed E-state index contributed by atoms with van der Waals surface area (Å²) < 4.78 is 0. The Labute approximate surface area is 120 Å². The Balaban J connectivity index is 0. The molecule has 0 aromatic heterocycles. The summed E-state index contributed by atoms with van der Waals surface area (Å²) >= 11 is 0. The quantitative estimate of drug-likeness (QED) is 0.441. The molecule has 116 valence electrons. The fraction of sp³-hybridized carbons (Fsp3) is 0.882. The van der Waals surface area contributed by atoms with E-state index in [1.54, 1.807) is 6.08 Å². The predicted octanol–water partition coefficient (Wildman–Crippen LogP) is 4.84. The van der Waals surface area contributed by atoms with Gasteiger partial charge in [0.25, 0.3) is 0 Å². The molecule has 0 aliphatic carbocycles. The van der Waals surface area contributed by atoms with Crippen molar-refractivity contribution >= 4 is 0 Å². The van der Waals surface area contributed by atoms with Gasteiger partial charge in [-0.2, -0.15) is 0 Å². The highest BCUT2D eigenvalue weighted by atomic mass is 16.3. The van der Waals surface area contributed by atoms with Gasteiger partial charge in [-0.15, -0.1) is 0 Å². The normalized spacial score (nSPS) is 11.5. The SMILES string of the molecule is CCCCCC=CCO.CCCCCCC(C)(C)O. The lowest BCUT2D eigenvalue weighted by Gasteiger charge is -2.15. The Morgan fingerprint density at radius 1 is 0.842 bits per heavy atom. The number of hydrogen-bond donors (Lipinski definition) is 2. The van der Waals surface area contributed by atoms with E-state index in [1.807, 2.05) is 19.9 Å². The Bertz CT molecular complexity index is 180. The van der Waals surface area contributed by atoms with Crippen LogP contribution in [0.1, 0.15) is 85.5 Å². The number of aliphatic hydroxyl groups excluding tert-OH is 1. The van der Waals surface area contributed by atoms with E-state index in [9.17, 15) is 5.11 Å². The molecule has 2 N–H and O–H groups in total. The average molecular weight is 272 g/mol. The lowest BCUT2D eigenvalue weighted by molar-refractivity contribution is 0.0680. The van der Waals surface area contributed by atoms with Crippen molar-refractivity contribution < 1.29 is 10.2 Å². The highest BCUT2D eigenvalue weighted by Gasteiger charge is 2.10. The van der Waals surface area contributed by atoms with Gasteiger partial charge < -0.3 is 10.2 Å². The Morgan fingerprint density at radius 2 is 1.42 bits per heavy atom. The van der Waals surface area contributed by atoms with E-state index >= 15 is 0 Å². The number of allylic oxidation sites excluding steroid dienone is 1. The van der Waals surface area contributed by atoms with Crippen LogP contribution in [0.15, 0.2) is 12.2 Å². The van der Waals surface area contributed by atoms with E-state index in [0.29, 0.717) is 0 Å². The van der Waals surface area contributed by atoms with Crippen molar-refractivity contribution in [3.05, 3.63) is 12.2 Å². The Morgan fingerprint density at radius 3 is 1.89 bits per heavy atom. The van der Waals surface area contributed by atoms with E-state index in [4.69, 9.17) is 5.11 Å². The van der Waals surface area contributed by atoms with Crippen LogP contribution >= 0.6 is 0 Å². The zero-order valence-electron chi connectivity index (χ0n) is 13.6. The number of unbranched alkanes of at least 4 members (excludes halogenated alkanes) is 6. The molecule has 0 atom stereocenters. The number of hydrogen-bond acceptors (Lipinski definition) is 2. The van der Waals surface area contributed by atoms with Gasteiger partial charge in [0.15, 0.2) is 0 Å². The van der Waals surface area contributed by atoms with Gasteiger partial charge in [0.2, 0.25) is 0 Å². The van der Waals surface area contributed by atoms with Crippen LogP contribution in [0.2, 0.25) is 0 Å². The minimum atomic E-state index is -0.451. The zero-order valence-corrected chi connectivity index (χ0v) is 13.6. The van der Waals surface area contributed by atoms with Gasteiger partial charge in [-0.05, 0) is 33.1 Å². The second-order valence-electron chi connectivity index (χ2n) is 5.77. The van der Waals surface area contributed by atoms with Crippen molar-refractivity contribution in [1.82, 2.24) is 0 Å². The molecule has 0 amide bonds. The lowest BCUT2D eigenvalue weighted by Crippen LogP contribution is -2.17. The van der Waals surface area contributed by atoms with Crippen molar-refractivity contribution in [1.29, 1.82) is 0 Å². The maximum atomic E-state index is 9.32. The van der Waals surface area contributed by atoms with Gasteiger partial charge in [0, 0.05) is 0 Å². The van der Waals surface area contributed by atoms with Crippen LogP contribution in [0.5, 0.6) is 0 Å². The fourth-order valence-electron chi connectivity index (χ4n) is 1.69. The monoisotopic (exact) mass is 272 g/mol. The first-order valence-electron chi connectivity index (χ1n) is 7.96. The molecular formula is C17H36O2. The number of rotatable bonds is 10. The van der Waals surface area contributed by atoms with Crippen molar-refractivity contribution in [2.24, 2.45) is 0 Å². The second kappa shape index (κ2) is 15.7. The number of aliphatic hydroxyl groups is 2. The van der Waals surface area contributed by atoms with Gasteiger partial charge in [-0.25, -0.2) is 0 Å². The fourth-order valence-corrected chi connectivity index (χ4v) is 1.69. The molecule has 0 aliphatic heterocycles. The molecule has 0 heterocycles. The third-order valence-corrected chi connectivity index (χ3v) is 2.89. The summed E-state index contributed by atoms with van der Waals surface area (Å²) in [7, 11) is 0. The molecule has 0 aromatic rings.